The molecule has 2 aromatic rings. The second-order valence-corrected chi connectivity index (χ2v) is 11.5. The SMILES string of the molecule is C=O.C=O.O=S(=O)(N(CCO)CC1CCCCCC1)N1CCN(c2ncnc3[nH]ccc23)CC12CC2.[HH]. The van der Waals surface area contributed by atoms with Crippen LogP contribution in [-0.2, 0) is 19.8 Å². The van der Waals surface area contributed by atoms with E-state index < -0.39 is 10.2 Å². The van der Waals surface area contributed by atoms with Gasteiger partial charge in [-0.15, -0.1) is 0 Å². The van der Waals surface area contributed by atoms with Gasteiger partial charge in [-0.2, -0.15) is 17.0 Å². The summed E-state index contributed by atoms with van der Waals surface area (Å²) in [5.74, 6) is 1.25. The standard InChI is InChI=1S/C22H34N6O3S.2CH2O.H2/c29-14-13-27(15-18-5-3-1-2-4-6-18)32(30,31)28-12-11-26(16-22(28)8-9-22)21-19-7-10-23-20(19)24-17-25-21;2*1-2;/h7,10,17-18,29H,1-6,8-9,11-16H2,(H,23,24,25);2*1H2;1H. The zero-order valence-corrected chi connectivity index (χ0v) is 21.7. The van der Waals surface area contributed by atoms with Gasteiger partial charge in [-0.05, 0) is 37.7 Å². The summed E-state index contributed by atoms with van der Waals surface area (Å²) in [6, 6.07) is 1.98. The van der Waals surface area contributed by atoms with Crippen molar-refractivity contribution in [3.63, 3.8) is 0 Å². The maximum atomic E-state index is 13.8. The molecule has 0 unspecified atom stereocenters. The number of carbonyl (C=O) groups excluding carboxylic acids is 2. The lowest BCUT2D eigenvalue weighted by Crippen LogP contribution is -2.60. The number of rotatable bonds is 7. The van der Waals surface area contributed by atoms with Gasteiger partial charge in [0.05, 0.1) is 17.5 Å². The molecule has 0 bridgehead atoms. The fourth-order valence-electron chi connectivity index (χ4n) is 5.55. The molecule has 0 amide bonds. The first kappa shape index (κ1) is 28.2. The van der Waals surface area contributed by atoms with Gasteiger partial charge in [0, 0.05) is 40.3 Å². The van der Waals surface area contributed by atoms with Crippen LogP contribution in [0.25, 0.3) is 11.0 Å². The Hall–Kier alpha value is -2.41. The molecule has 0 atom stereocenters. The average Bonchev–Trinajstić information content (AvgIpc) is 3.57. The van der Waals surface area contributed by atoms with Crippen molar-refractivity contribution in [2.45, 2.75) is 56.9 Å². The number of carbonyl (C=O) groups is 2. The molecule has 12 heteroatoms. The van der Waals surface area contributed by atoms with Crippen molar-refractivity contribution in [1.29, 1.82) is 0 Å². The molecular formula is C24H40N6O5S. The average molecular weight is 525 g/mol. The predicted octanol–water partition coefficient (Wildman–Crippen LogP) is 2.00. The molecular weight excluding hydrogens is 484 g/mol. The third-order valence-electron chi connectivity index (χ3n) is 7.44. The smallest absolute Gasteiger partial charge is 0.282 e. The monoisotopic (exact) mass is 524 g/mol. The summed E-state index contributed by atoms with van der Waals surface area (Å²) in [5, 5.41) is 10.6. The minimum atomic E-state index is -3.64. The Morgan fingerprint density at radius 3 is 2.44 bits per heavy atom. The topological polar surface area (TPSA) is 140 Å². The summed E-state index contributed by atoms with van der Waals surface area (Å²) < 4.78 is 30.9. The zero-order valence-electron chi connectivity index (χ0n) is 20.8. The number of aromatic nitrogens is 3. The van der Waals surface area contributed by atoms with Crippen molar-refractivity contribution in [3.8, 4) is 0 Å². The minimum absolute atomic E-state index is 0. The molecule has 3 heterocycles. The number of hydrogen-bond acceptors (Lipinski definition) is 8. The molecule has 3 fully saturated rings. The maximum Gasteiger partial charge on any atom is 0.282 e. The van der Waals surface area contributed by atoms with E-state index in [-0.39, 0.29) is 20.1 Å². The van der Waals surface area contributed by atoms with E-state index in [1.165, 1.54) is 25.7 Å². The molecule has 3 aliphatic rings. The number of aromatic amines is 1. The molecule has 2 N–H and O–H groups in total. The summed E-state index contributed by atoms with van der Waals surface area (Å²) >= 11 is 0. The highest BCUT2D eigenvalue weighted by Crippen LogP contribution is 2.47. The van der Waals surface area contributed by atoms with Crippen LogP contribution < -0.4 is 4.90 Å². The third kappa shape index (κ3) is 5.93. The van der Waals surface area contributed by atoms with Gasteiger partial charge in [0.1, 0.15) is 31.4 Å². The van der Waals surface area contributed by atoms with Gasteiger partial charge in [0.25, 0.3) is 10.2 Å². The van der Waals surface area contributed by atoms with Crippen LogP contribution in [0, 0.1) is 5.92 Å². The molecule has 36 heavy (non-hydrogen) atoms. The Bertz CT molecular complexity index is 1070. The van der Waals surface area contributed by atoms with E-state index in [2.05, 4.69) is 19.9 Å². The number of nitrogens with one attached hydrogen (secondary N) is 1. The molecule has 2 saturated carbocycles. The van der Waals surface area contributed by atoms with Crippen LogP contribution in [0.4, 0.5) is 5.82 Å². The number of fused-ring (bicyclic) bond motifs is 1. The lowest BCUT2D eigenvalue weighted by atomic mass is 10.0. The second kappa shape index (κ2) is 12.7. The lowest BCUT2D eigenvalue weighted by molar-refractivity contribution is -0.0987. The van der Waals surface area contributed by atoms with Gasteiger partial charge in [0.15, 0.2) is 0 Å². The minimum Gasteiger partial charge on any atom is -0.395 e. The van der Waals surface area contributed by atoms with Crippen molar-refractivity contribution in [3.05, 3.63) is 18.6 Å². The van der Waals surface area contributed by atoms with Crippen molar-refractivity contribution in [1.82, 2.24) is 23.6 Å². The Balaban J connectivity index is 0.000000919. The first-order valence-corrected chi connectivity index (χ1v) is 13.9. The molecule has 1 aliphatic heterocycles. The number of piperazine rings is 1. The molecule has 2 aliphatic carbocycles. The Morgan fingerprint density at radius 2 is 1.81 bits per heavy atom. The van der Waals surface area contributed by atoms with Crippen LogP contribution in [0.15, 0.2) is 18.6 Å². The highest BCUT2D eigenvalue weighted by atomic mass is 32.2. The van der Waals surface area contributed by atoms with Gasteiger partial charge in [-0.1, -0.05) is 25.7 Å². The van der Waals surface area contributed by atoms with Crippen LogP contribution in [0.2, 0.25) is 0 Å². The number of aliphatic hydroxyl groups excluding tert-OH is 1. The summed E-state index contributed by atoms with van der Waals surface area (Å²) in [5.41, 5.74) is 0.425. The molecule has 0 radical (unpaired) electrons. The van der Waals surface area contributed by atoms with Crippen molar-refractivity contribution >= 4 is 40.6 Å². The summed E-state index contributed by atoms with van der Waals surface area (Å²) in [6.45, 7) is 6.21. The Labute approximate surface area is 214 Å². The van der Waals surface area contributed by atoms with Crippen LogP contribution >= 0.6 is 0 Å². The summed E-state index contributed by atoms with van der Waals surface area (Å²) in [4.78, 5) is 30.1. The normalized spacial score (nSPS) is 20.3. The van der Waals surface area contributed by atoms with Crippen molar-refractivity contribution in [2.24, 2.45) is 5.92 Å². The molecule has 202 valence electrons. The molecule has 0 aromatic carbocycles. The van der Waals surface area contributed by atoms with Gasteiger partial charge >= 0.3 is 0 Å². The predicted molar refractivity (Wildman–Crippen MR) is 140 cm³/mol. The summed E-state index contributed by atoms with van der Waals surface area (Å²) in [7, 11) is -3.64. The highest BCUT2D eigenvalue weighted by Gasteiger charge is 2.57. The number of aliphatic hydroxyl groups is 1. The lowest BCUT2D eigenvalue weighted by Gasteiger charge is -2.43. The van der Waals surface area contributed by atoms with Crippen molar-refractivity contribution in [2.75, 3.05) is 44.2 Å². The van der Waals surface area contributed by atoms with E-state index in [1.807, 2.05) is 25.8 Å². The third-order valence-corrected chi connectivity index (χ3v) is 9.55. The first-order chi connectivity index (χ1) is 17.5. The van der Waals surface area contributed by atoms with Gasteiger partial charge in [0.2, 0.25) is 0 Å². The molecule has 2 aromatic heterocycles. The zero-order chi connectivity index (χ0) is 26.2. The number of H-pyrrole nitrogens is 1. The van der Waals surface area contributed by atoms with Gasteiger partial charge < -0.3 is 24.6 Å². The van der Waals surface area contributed by atoms with E-state index >= 15 is 0 Å². The molecule has 11 nitrogen and oxygen atoms in total. The van der Waals surface area contributed by atoms with E-state index in [4.69, 9.17) is 9.59 Å². The fraction of sp³-hybridized carbons (Fsp3) is 0.667. The first-order valence-electron chi connectivity index (χ1n) is 12.5. The number of hydrogen-bond donors (Lipinski definition) is 2. The fourth-order valence-corrected chi connectivity index (χ4v) is 7.58. The van der Waals surface area contributed by atoms with Gasteiger partial charge in [-0.3, -0.25) is 0 Å². The van der Waals surface area contributed by atoms with Crippen LogP contribution in [0.1, 0.15) is 52.8 Å². The number of anilines is 1. The van der Waals surface area contributed by atoms with E-state index in [9.17, 15) is 13.5 Å². The Morgan fingerprint density at radius 1 is 1.11 bits per heavy atom. The van der Waals surface area contributed by atoms with E-state index in [0.717, 1.165) is 42.5 Å². The molecule has 1 saturated heterocycles. The molecule has 1 spiro atoms. The molecule has 5 rings (SSSR count). The second-order valence-electron chi connectivity index (χ2n) is 9.60. The highest BCUT2D eigenvalue weighted by molar-refractivity contribution is 7.86. The van der Waals surface area contributed by atoms with Crippen LogP contribution in [-0.4, -0.2) is 95.5 Å². The van der Waals surface area contributed by atoms with Gasteiger partial charge in [-0.25, -0.2) is 9.97 Å². The Kier molecular flexibility index (Phi) is 9.94. The number of nitrogens with zero attached hydrogens (tertiary/aromatic N) is 5. The van der Waals surface area contributed by atoms with E-state index in [0.29, 0.717) is 32.1 Å². The maximum absolute atomic E-state index is 13.8. The largest absolute Gasteiger partial charge is 0.395 e. The van der Waals surface area contributed by atoms with Crippen molar-refractivity contribution < 1.29 is 24.5 Å². The summed E-state index contributed by atoms with van der Waals surface area (Å²) in [6.07, 6.45) is 12.1. The van der Waals surface area contributed by atoms with Crippen LogP contribution in [0.3, 0.4) is 0 Å². The quantitative estimate of drug-likeness (QED) is 0.524. The van der Waals surface area contributed by atoms with E-state index in [1.54, 1.807) is 14.9 Å². The van der Waals surface area contributed by atoms with Crippen LogP contribution in [0.5, 0.6) is 0 Å².